The molecule has 1 rings (SSSR count). The summed E-state index contributed by atoms with van der Waals surface area (Å²) in [6.45, 7) is 0.772. The van der Waals surface area contributed by atoms with Crippen molar-refractivity contribution in [2.45, 2.75) is 6.54 Å². The van der Waals surface area contributed by atoms with Crippen LogP contribution in [-0.2, 0) is 6.54 Å². The van der Waals surface area contributed by atoms with Gasteiger partial charge >= 0.3 is 68.6 Å². The number of rotatable bonds is 2. The molecule has 0 aliphatic heterocycles. The van der Waals surface area contributed by atoms with E-state index in [9.17, 15) is 0 Å². The normalized spacial score (nSPS) is 10.4. The van der Waals surface area contributed by atoms with Crippen LogP contribution in [0.3, 0.4) is 0 Å². The number of nitrogens with zero attached hydrogens (tertiary/aromatic N) is 1. The molecule has 1 aromatic rings. The molecular weight excluding hydrogens is 189 g/mol. The molecule has 0 spiro atoms. The minimum atomic E-state index is 0.772. The summed E-state index contributed by atoms with van der Waals surface area (Å²) < 4.78 is 0. The Bertz CT molecular complexity index is 206. The zero-order valence-electron chi connectivity index (χ0n) is 5.53. The van der Waals surface area contributed by atoms with Crippen molar-refractivity contribution in [3.8, 4) is 0 Å². The Morgan fingerprint density at radius 2 is 2.00 bits per heavy atom. The summed E-state index contributed by atoms with van der Waals surface area (Å²) in [5, 5.41) is 1.70. The van der Waals surface area contributed by atoms with Gasteiger partial charge in [-0.05, 0) is 0 Å². The van der Waals surface area contributed by atoms with E-state index in [1.54, 1.807) is 5.11 Å². The van der Waals surface area contributed by atoms with E-state index < -0.39 is 0 Å². The third kappa shape index (κ3) is 2.34. The van der Waals surface area contributed by atoms with Crippen molar-refractivity contribution in [1.29, 1.82) is 0 Å². The van der Waals surface area contributed by atoms with E-state index in [0.717, 1.165) is 6.54 Å². The molecule has 2 heteroatoms. The van der Waals surface area contributed by atoms with E-state index in [0.29, 0.717) is 0 Å². The summed E-state index contributed by atoms with van der Waals surface area (Å²) in [5.41, 5.74) is 1.24. The second kappa shape index (κ2) is 4.26. The van der Waals surface area contributed by atoms with Crippen molar-refractivity contribution < 1.29 is 0 Å². The average molecular weight is 197 g/mol. The molecule has 1 radical (unpaired) electrons. The van der Waals surface area contributed by atoms with Gasteiger partial charge in [0.15, 0.2) is 0 Å². The van der Waals surface area contributed by atoms with Crippen LogP contribution in [0.4, 0.5) is 0 Å². The van der Waals surface area contributed by atoms with E-state index in [2.05, 4.69) is 33.1 Å². The summed E-state index contributed by atoms with van der Waals surface area (Å²) in [6, 6.07) is 10.2. The Balaban J connectivity index is 2.59. The van der Waals surface area contributed by atoms with Gasteiger partial charge in [0, 0.05) is 0 Å². The Morgan fingerprint density at radius 3 is 2.60 bits per heavy atom. The molecule has 0 atom stereocenters. The second-order valence-corrected chi connectivity index (χ2v) is 2.37. The summed E-state index contributed by atoms with van der Waals surface area (Å²) in [4.78, 5) is 4.06. The summed E-state index contributed by atoms with van der Waals surface area (Å²) >= 11 is 2.72. The number of aliphatic imine (C=N–C) groups is 1. The molecule has 0 aliphatic rings. The molecule has 0 aliphatic carbocycles. The Kier molecular flexibility index (Phi) is 3.20. The van der Waals surface area contributed by atoms with E-state index in [4.69, 9.17) is 0 Å². The second-order valence-electron chi connectivity index (χ2n) is 1.93. The van der Waals surface area contributed by atoms with Crippen LogP contribution in [0.1, 0.15) is 5.56 Å². The van der Waals surface area contributed by atoms with E-state index in [-0.39, 0.29) is 0 Å². The summed E-state index contributed by atoms with van der Waals surface area (Å²) in [7, 11) is 0. The van der Waals surface area contributed by atoms with Gasteiger partial charge in [0.05, 0.1) is 0 Å². The van der Waals surface area contributed by atoms with Crippen molar-refractivity contribution in [2.24, 2.45) is 4.99 Å². The van der Waals surface area contributed by atoms with Crippen LogP contribution in [0, 0.1) is 0 Å². The minimum absolute atomic E-state index is 0.772. The number of hydrogen-bond acceptors (Lipinski definition) is 1. The standard InChI is InChI=1S/C8H8NSe/c10-7-9-6-8-4-2-1-3-5-8/h1-5,7H,6H2. The first-order valence-electron chi connectivity index (χ1n) is 3.07. The molecule has 10 heavy (non-hydrogen) atoms. The molecule has 51 valence electrons. The van der Waals surface area contributed by atoms with E-state index in [1.165, 1.54) is 5.56 Å². The van der Waals surface area contributed by atoms with E-state index >= 15 is 0 Å². The fourth-order valence-corrected chi connectivity index (χ4v) is 0.882. The van der Waals surface area contributed by atoms with Gasteiger partial charge in [0.2, 0.25) is 0 Å². The molecule has 0 saturated heterocycles. The molecule has 0 bridgehead atoms. The summed E-state index contributed by atoms with van der Waals surface area (Å²) in [6.07, 6.45) is 0. The van der Waals surface area contributed by atoms with Crippen molar-refractivity contribution in [3.63, 3.8) is 0 Å². The van der Waals surface area contributed by atoms with Gasteiger partial charge in [-0.2, -0.15) is 0 Å². The van der Waals surface area contributed by atoms with Crippen molar-refractivity contribution in [3.05, 3.63) is 35.9 Å². The molecule has 0 saturated carbocycles. The number of benzene rings is 1. The molecule has 0 amide bonds. The van der Waals surface area contributed by atoms with Gasteiger partial charge in [0.1, 0.15) is 0 Å². The van der Waals surface area contributed by atoms with Crippen LogP contribution >= 0.6 is 0 Å². The Hall–Kier alpha value is -0.591. The van der Waals surface area contributed by atoms with Crippen LogP contribution in [0.25, 0.3) is 0 Å². The number of hydrogen-bond donors (Lipinski definition) is 0. The van der Waals surface area contributed by atoms with Crippen LogP contribution in [-0.4, -0.2) is 21.1 Å². The van der Waals surface area contributed by atoms with Gasteiger partial charge in [-0.25, -0.2) is 0 Å². The molecule has 0 unspecified atom stereocenters. The quantitative estimate of drug-likeness (QED) is 0.501. The Morgan fingerprint density at radius 1 is 1.30 bits per heavy atom. The topological polar surface area (TPSA) is 12.4 Å². The fraction of sp³-hybridized carbons (Fsp3) is 0.125. The van der Waals surface area contributed by atoms with Crippen molar-refractivity contribution in [2.75, 3.05) is 0 Å². The summed E-state index contributed by atoms with van der Waals surface area (Å²) in [5.74, 6) is 0. The van der Waals surface area contributed by atoms with Crippen LogP contribution in [0.2, 0.25) is 0 Å². The van der Waals surface area contributed by atoms with Crippen LogP contribution in [0.5, 0.6) is 0 Å². The third-order valence-electron chi connectivity index (χ3n) is 1.19. The van der Waals surface area contributed by atoms with E-state index in [1.807, 2.05) is 18.2 Å². The van der Waals surface area contributed by atoms with Crippen LogP contribution < -0.4 is 0 Å². The van der Waals surface area contributed by atoms with Gasteiger partial charge in [-0.15, -0.1) is 0 Å². The maximum absolute atomic E-state index is 4.06. The van der Waals surface area contributed by atoms with Gasteiger partial charge in [-0.1, -0.05) is 0 Å². The zero-order chi connectivity index (χ0) is 7.23. The first kappa shape index (κ1) is 7.52. The third-order valence-corrected chi connectivity index (χ3v) is 1.50. The molecule has 1 nitrogen and oxygen atoms in total. The molecule has 0 fully saturated rings. The first-order chi connectivity index (χ1) is 4.93. The fourth-order valence-electron chi connectivity index (χ4n) is 0.726. The molecule has 0 N–H and O–H groups in total. The van der Waals surface area contributed by atoms with Gasteiger partial charge in [0.25, 0.3) is 0 Å². The molecule has 0 aromatic heterocycles. The predicted molar refractivity (Wildman–Crippen MR) is 44.4 cm³/mol. The van der Waals surface area contributed by atoms with Gasteiger partial charge in [-0.3, -0.25) is 0 Å². The molecule has 0 heterocycles. The SMILES string of the molecule is [Se]C=NCc1ccccc1. The zero-order valence-corrected chi connectivity index (χ0v) is 7.24. The predicted octanol–water partition coefficient (Wildman–Crippen LogP) is 1.38. The van der Waals surface area contributed by atoms with Gasteiger partial charge < -0.3 is 0 Å². The maximum atomic E-state index is 4.06. The van der Waals surface area contributed by atoms with Crippen molar-refractivity contribution in [1.82, 2.24) is 0 Å². The first-order valence-corrected chi connectivity index (χ1v) is 4.06. The van der Waals surface area contributed by atoms with Crippen LogP contribution in [0.15, 0.2) is 35.3 Å². The monoisotopic (exact) mass is 198 g/mol. The average Bonchev–Trinajstić information content (AvgIpc) is 2.03. The Labute approximate surface area is 69.0 Å². The van der Waals surface area contributed by atoms with Crippen molar-refractivity contribution >= 4 is 21.1 Å². The molecule has 1 aromatic carbocycles. The molecular formula is C8H8NSe.